The molecule has 6 heteroatoms. The van der Waals surface area contributed by atoms with Gasteiger partial charge in [-0.05, 0) is 18.2 Å². The van der Waals surface area contributed by atoms with Gasteiger partial charge in [-0.3, -0.25) is 14.5 Å². The van der Waals surface area contributed by atoms with Crippen LogP contribution in [0.1, 0.15) is 10.4 Å². The van der Waals surface area contributed by atoms with Crippen LogP contribution in [-0.2, 0) is 4.79 Å². The number of nitrogens with one attached hydrogen (secondary N) is 1. The number of carbonyl (C=O) groups is 2. The molecule has 0 saturated carbocycles. The zero-order chi connectivity index (χ0) is 13.1. The van der Waals surface area contributed by atoms with Gasteiger partial charge in [0.25, 0.3) is 0 Å². The van der Waals surface area contributed by atoms with Crippen molar-refractivity contribution in [2.45, 2.75) is 0 Å². The lowest BCUT2D eigenvalue weighted by molar-refractivity contribution is -0.123. The number of hydrogen-bond acceptors (Lipinski definition) is 5. The van der Waals surface area contributed by atoms with Crippen molar-refractivity contribution in [3.63, 3.8) is 0 Å². The lowest BCUT2D eigenvalue weighted by Gasteiger charge is -2.25. The summed E-state index contributed by atoms with van der Waals surface area (Å²) in [6, 6.07) is 3.94. The van der Waals surface area contributed by atoms with E-state index in [1.807, 2.05) is 0 Å². The van der Waals surface area contributed by atoms with E-state index in [1.165, 1.54) is 18.2 Å². The number of ketones is 1. The van der Waals surface area contributed by atoms with E-state index in [0.717, 1.165) is 0 Å². The van der Waals surface area contributed by atoms with Gasteiger partial charge in [0, 0.05) is 18.7 Å². The van der Waals surface area contributed by atoms with Crippen molar-refractivity contribution in [2.75, 3.05) is 26.2 Å². The van der Waals surface area contributed by atoms with E-state index in [1.54, 1.807) is 4.90 Å². The third kappa shape index (κ3) is 2.78. The molecule has 0 aromatic heterocycles. The van der Waals surface area contributed by atoms with Crippen molar-refractivity contribution in [3.8, 4) is 11.5 Å². The van der Waals surface area contributed by atoms with Crippen LogP contribution >= 0.6 is 0 Å². The minimum Gasteiger partial charge on any atom is -0.504 e. The van der Waals surface area contributed by atoms with Crippen LogP contribution in [0.2, 0.25) is 0 Å². The Morgan fingerprint density at radius 2 is 2.11 bits per heavy atom. The molecule has 1 heterocycles. The van der Waals surface area contributed by atoms with Crippen LogP contribution < -0.4 is 5.32 Å². The van der Waals surface area contributed by atoms with E-state index in [9.17, 15) is 14.7 Å². The number of Topliss-reactive ketones (excluding diaryl/α,β-unsaturated/α-hetero) is 1. The third-order valence-corrected chi connectivity index (χ3v) is 2.78. The molecule has 1 aromatic carbocycles. The molecule has 0 bridgehead atoms. The maximum atomic E-state index is 11.9. The van der Waals surface area contributed by atoms with Crippen molar-refractivity contribution in [3.05, 3.63) is 23.8 Å². The van der Waals surface area contributed by atoms with E-state index >= 15 is 0 Å². The summed E-state index contributed by atoms with van der Waals surface area (Å²) in [6.07, 6.45) is 0. The summed E-state index contributed by atoms with van der Waals surface area (Å²) in [5, 5.41) is 21.2. The monoisotopic (exact) mass is 250 g/mol. The Balaban J connectivity index is 2.02. The maximum Gasteiger partial charge on any atom is 0.234 e. The molecule has 6 nitrogen and oxygen atoms in total. The first-order chi connectivity index (χ1) is 8.56. The summed E-state index contributed by atoms with van der Waals surface area (Å²) >= 11 is 0. The third-order valence-electron chi connectivity index (χ3n) is 2.78. The molecule has 96 valence electrons. The van der Waals surface area contributed by atoms with Gasteiger partial charge in [0.05, 0.1) is 13.1 Å². The zero-order valence-corrected chi connectivity index (χ0v) is 9.72. The minimum absolute atomic E-state index is 0.0948. The van der Waals surface area contributed by atoms with Gasteiger partial charge in [-0.15, -0.1) is 0 Å². The van der Waals surface area contributed by atoms with Crippen LogP contribution in [0.4, 0.5) is 0 Å². The number of carbonyl (C=O) groups excluding carboxylic acids is 2. The highest BCUT2D eigenvalue weighted by molar-refractivity contribution is 5.98. The number of aromatic hydroxyl groups is 2. The fraction of sp³-hybridized carbons (Fsp3) is 0.333. The molecule has 1 saturated heterocycles. The highest BCUT2D eigenvalue weighted by Gasteiger charge is 2.19. The lowest BCUT2D eigenvalue weighted by atomic mass is 10.1. The first-order valence-corrected chi connectivity index (χ1v) is 5.60. The van der Waals surface area contributed by atoms with Crippen LogP contribution in [0.25, 0.3) is 0 Å². The van der Waals surface area contributed by atoms with Gasteiger partial charge in [0.2, 0.25) is 5.91 Å². The summed E-state index contributed by atoms with van der Waals surface area (Å²) < 4.78 is 0. The smallest absolute Gasteiger partial charge is 0.234 e. The molecule has 0 radical (unpaired) electrons. The fourth-order valence-electron chi connectivity index (χ4n) is 1.82. The topological polar surface area (TPSA) is 89.9 Å². The molecule has 1 aromatic rings. The fourth-order valence-corrected chi connectivity index (χ4v) is 1.82. The number of hydrogen-bond donors (Lipinski definition) is 3. The van der Waals surface area contributed by atoms with Gasteiger partial charge in [-0.1, -0.05) is 0 Å². The molecular formula is C12H14N2O4. The number of amides is 1. The van der Waals surface area contributed by atoms with E-state index in [2.05, 4.69) is 5.32 Å². The van der Waals surface area contributed by atoms with Gasteiger partial charge in [-0.2, -0.15) is 0 Å². The highest BCUT2D eigenvalue weighted by atomic mass is 16.3. The molecule has 18 heavy (non-hydrogen) atoms. The number of phenolic OH excluding ortho intramolecular Hbond substituents is 2. The molecule has 0 spiro atoms. The molecule has 2 rings (SSSR count). The Hall–Kier alpha value is -2.08. The average molecular weight is 250 g/mol. The van der Waals surface area contributed by atoms with E-state index < -0.39 is 0 Å². The summed E-state index contributed by atoms with van der Waals surface area (Å²) in [7, 11) is 0. The Morgan fingerprint density at radius 1 is 1.33 bits per heavy atom. The van der Waals surface area contributed by atoms with E-state index in [4.69, 9.17) is 5.11 Å². The number of benzene rings is 1. The van der Waals surface area contributed by atoms with Crippen LogP contribution in [0.15, 0.2) is 18.2 Å². The number of phenols is 2. The maximum absolute atomic E-state index is 11.9. The predicted molar refractivity (Wildman–Crippen MR) is 63.6 cm³/mol. The van der Waals surface area contributed by atoms with Crippen LogP contribution in [0.5, 0.6) is 11.5 Å². The lowest BCUT2D eigenvalue weighted by Crippen LogP contribution is -2.49. The molecule has 1 aliphatic heterocycles. The average Bonchev–Trinajstić information content (AvgIpc) is 2.32. The summed E-state index contributed by atoms with van der Waals surface area (Å²) in [6.45, 7) is 1.49. The van der Waals surface area contributed by atoms with Crippen molar-refractivity contribution in [1.82, 2.24) is 10.2 Å². The Bertz CT molecular complexity index is 487. The second-order valence-corrected chi connectivity index (χ2v) is 4.19. The molecule has 3 N–H and O–H groups in total. The minimum atomic E-state index is -0.322. The van der Waals surface area contributed by atoms with E-state index in [-0.39, 0.29) is 36.3 Å². The zero-order valence-electron chi connectivity index (χ0n) is 9.72. The highest BCUT2D eigenvalue weighted by Crippen LogP contribution is 2.25. The number of rotatable bonds is 3. The molecule has 0 atom stereocenters. The van der Waals surface area contributed by atoms with Gasteiger partial charge in [0.15, 0.2) is 17.3 Å². The van der Waals surface area contributed by atoms with Crippen molar-refractivity contribution < 1.29 is 19.8 Å². The van der Waals surface area contributed by atoms with Crippen molar-refractivity contribution >= 4 is 11.7 Å². The quantitative estimate of drug-likeness (QED) is 0.507. The summed E-state index contributed by atoms with van der Waals surface area (Å²) in [5.41, 5.74) is 0.316. The van der Waals surface area contributed by atoms with Crippen LogP contribution in [-0.4, -0.2) is 53.0 Å². The second kappa shape index (κ2) is 5.05. The molecular weight excluding hydrogens is 236 g/mol. The standard InChI is InChI=1S/C12H14N2O4/c15-9-2-1-8(5-10(9)16)11(17)6-14-4-3-13-12(18)7-14/h1-2,5,15-16H,3-4,6-7H2,(H,13,18). The Kier molecular flexibility index (Phi) is 3.47. The number of piperazine rings is 1. The van der Waals surface area contributed by atoms with Gasteiger partial charge in [0.1, 0.15) is 0 Å². The van der Waals surface area contributed by atoms with Crippen molar-refractivity contribution in [2.24, 2.45) is 0 Å². The largest absolute Gasteiger partial charge is 0.504 e. The van der Waals surface area contributed by atoms with Crippen LogP contribution in [0.3, 0.4) is 0 Å². The van der Waals surface area contributed by atoms with Gasteiger partial charge in [-0.25, -0.2) is 0 Å². The molecule has 1 amide bonds. The van der Waals surface area contributed by atoms with Crippen molar-refractivity contribution in [1.29, 1.82) is 0 Å². The Morgan fingerprint density at radius 3 is 2.78 bits per heavy atom. The Labute approximate surface area is 104 Å². The normalized spacial score (nSPS) is 16.3. The molecule has 1 aliphatic rings. The first-order valence-electron chi connectivity index (χ1n) is 5.60. The SMILES string of the molecule is O=C1CN(CC(=O)c2ccc(O)c(O)c2)CCN1. The predicted octanol–water partition coefficient (Wildman–Crippen LogP) is -0.288. The van der Waals surface area contributed by atoms with Gasteiger partial charge < -0.3 is 15.5 Å². The van der Waals surface area contributed by atoms with E-state index in [0.29, 0.717) is 18.7 Å². The molecule has 1 fully saturated rings. The van der Waals surface area contributed by atoms with Crippen LogP contribution in [0, 0.1) is 0 Å². The molecule has 0 aliphatic carbocycles. The second-order valence-electron chi connectivity index (χ2n) is 4.19. The first kappa shape index (κ1) is 12.4. The number of nitrogens with zero attached hydrogens (tertiary/aromatic N) is 1. The van der Waals surface area contributed by atoms with Gasteiger partial charge >= 0.3 is 0 Å². The summed E-state index contributed by atoms with van der Waals surface area (Å²) in [5.74, 6) is -0.872. The summed E-state index contributed by atoms with van der Waals surface area (Å²) in [4.78, 5) is 24.8. The molecule has 0 unspecified atom stereocenters.